The Morgan fingerprint density at radius 2 is 1.76 bits per heavy atom. The van der Waals surface area contributed by atoms with Crippen molar-refractivity contribution in [1.82, 2.24) is 15.5 Å². The Bertz CT molecular complexity index is 1400. The molecule has 1 unspecified atom stereocenters. The van der Waals surface area contributed by atoms with Gasteiger partial charge in [0.2, 0.25) is 5.82 Å². The van der Waals surface area contributed by atoms with Gasteiger partial charge >= 0.3 is 0 Å². The van der Waals surface area contributed by atoms with E-state index in [0.29, 0.717) is 27.5 Å². The minimum atomic E-state index is -0.360. The minimum absolute atomic E-state index is 0.351. The third-order valence-electron chi connectivity index (χ3n) is 5.72. The summed E-state index contributed by atoms with van der Waals surface area (Å²) in [6.07, 6.45) is 0. The number of nitrogens with one attached hydrogen (secondary N) is 1. The topological polar surface area (TPSA) is 54.2 Å². The van der Waals surface area contributed by atoms with Crippen LogP contribution >= 0.6 is 23.8 Å². The van der Waals surface area contributed by atoms with Crippen molar-refractivity contribution in [1.29, 1.82) is 0 Å². The molecule has 1 N–H and O–H groups in total. The smallest absolute Gasteiger partial charge is 0.258 e. The van der Waals surface area contributed by atoms with Crippen LogP contribution in [0, 0.1) is 12.7 Å². The first-order valence-corrected chi connectivity index (χ1v) is 11.4. The maximum Gasteiger partial charge on any atom is 0.258 e. The molecule has 170 valence electrons. The predicted molar refractivity (Wildman–Crippen MR) is 136 cm³/mol. The summed E-state index contributed by atoms with van der Waals surface area (Å²) in [4.78, 5) is 6.48. The lowest BCUT2D eigenvalue weighted by atomic mass is 9.94. The summed E-state index contributed by atoms with van der Waals surface area (Å²) in [6.45, 7) is 3.93. The molecule has 0 saturated heterocycles. The van der Waals surface area contributed by atoms with E-state index in [1.165, 1.54) is 12.1 Å². The fourth-order valence-electron chi connectivity index (χ4n) is 4.00. The standard InChI is InChI=1S/C26H20ClFN4OS/c1-15-6-8-18(9-7-15)24-30-25(33-31-24)22-16(2)32(21-5-3-4-20(28)14-21)26(34)29-23(22)17-10-12-19(27)13-11-17/h3-14,23H,1-2H3,(H,29,34). The first kappa shape index (κ1) is 22.3. The van der Waals surface area contributed by atoms with Gasteiger partial charge < -0.3 is 9.84 Å². The summed E-state index contributed by atoms with van der Waals surface area (Å²) in [7, 11) is 0. The number of thiocarbonyl (C=S) groups is 1. The zero-order chi connectivity index (χ0) is 23.8. The Morgan fingerprint density at radius 3 is 2.47 bits per heavy atom. The van der Waals surface area contributed by atoms with Crippen LogP contribution in [0.5, 0.6) is 0 Å². The van der Waals surface area contributed by atoms with Crippen molar-refractivity contribution in [3.05, 3.63) is 106 Å². The summed E-state index contributed by atoms with van der Waals surface area (Å²) < 4.78 is 19.8. The van der Waals surface area contributed by atoms with Gasteiger partial charge in [0.15, 0.2) is 5.11 Å². The maximum atomic E-state index is 14.0. The summed E-state index contributed by atoms with van der Waals surface area (Å²) >= 11 is 11.8. The molecule has 1 aromatic heterocycles. The normalized spacial score (nSPS) is 16.1. The maximum absolute atomic E-state index is 14.0. The van der Waals surface area contributed by atoms with Gasteiger partial charge in [-0.3, -0.25) is 4.90 Å². The second kappa shape index (κ2) is 9.00. The van der Waals surface area contributed by atoms with Gasteiger partial charge in [0.25, 0.3) is 5.89 Å². The molecular weight excluding hydrogens is 471 g/mol. The molecule has 2 heterocycles. The quantitative estimate of drug-likeness (QED) is 0.321. The third-order valence-corrected chi connectivity index (χ3v) is 6.27. The lowest BCUT2D eigenvalue weighted by Crippen LogP contribution is -2.46. The Labute approximate surface area is 206 Å². The molecule has 3 aromatic carbocycles. The second-order valence-corrected chi connectivity index (χ2v) is 8.86. The zero-order valence-corrected chi connectivity index (χ0v) is 20.0. The van der Waals surface area contributed by atoms with Crippen LogP contribution in [0.3, 0.4) is 0 Å². The second-order valence-electron chi connectivity index (χ2n) is 8.04. The molecule has 0 bridgehead atoms. The van der Waals surface area contributed by atoms with Crippen molar-refractivity contribution < 1.29 is 8.91 Å². The zero-order valence-electron chi connectivity index (χ0n) is 18.4. The average Bonchev–Trinajstić information content (AvgIpc) is 3.29. The van der Waals surface area contributed by atoms with E-state index in [2.05, 4.69) is 10.5 Å². The van der Waals surface area contributed by atoms with Gasteiger partial charge in [-0.1, -0.05) is 64.8 Å². The van der Waals surface area contributed by atoms with Gasteiger partial charge in [-0.25, -0.2) is 4.39 Å². The van der Waals surface area contributed by atoms with Crippen LogP contribution in [0.2, 0.25) is 5.02 Å². The Morgan fingerprint density at radius 1 is 1.03 bits per heavy atom. The summed E-state index contributed by atoms with van der Waals surface area (Å²) in [5.74, 6) is 0.481. The molecule has 1 aliphatic heterocycles. The van der Waals surface area contributed by atoms with E-state index in [1.54, 1.807) is 17.0 Å². The van der Waals surface area contributed by atoms with E-state index in [-0.39, 0.29) is 11.9 Å². The number of aromatic nitrogens is 2. The van der Waals surface area contributed by atoms with E-state index < -0.39 is 0 Å². The molecule has 0 aliphatic carbocycles. The monoisotopic (exact) mass is 490 g/mol. The van der Waals surface area contributed by atoms with Crippen molar-refractivity contribution in [2.24, 2.45) is 0 Å². The van der Waals surface area contributed by atoms with Crippen molar-refractivity contribution in [3.63, 3.8) is 0 Å². The van der Waals surface area contributed by atoms with Crippen LogP contribution in [-0.4, -0.2) is 15.3 Å². The number of aryl methyl sites for hydroxylation is 1. The Hall–Kier alpha value is -3.55. The molecule has 1 aliphatic rings. The molecule has 0 saturated carbocycles. The highest BCUT2D eigenvalue weighted by Crippen LogP contribution is 2.39. The van der Waals surface area contributed by atoms with Crippen molar-refractivity contribution >= 4 is 40.2 Å². The third kappa shape index (κ3) is 4.20. The highest BCUT2D eigenvalue weighted by Gasteiger charge is 2.34. The fraction of sp³-hybridized carbons (Fsp3) is 0.115. The van der Waals surface area contributed by atoms with E-state index >= 15 is 0 Å². The Kier molecular flexibility index (Phi) is 5.89. The van der Waals surface area contributed by atoms with Gasteiger partial charge in [-0.2, -0.15) is 4.98 Å². The van der Waals surface area contributed by atoms with E-state index in [9.17, 15) is 4.39 Å². The Balaban J connectivity index is 1.65. The van der Waals surface area contributed by atoms with Gasteiger partial charge in [0.05, 0.1) is 17.3 Å². The highest BCUT2D eigenvalue weighted by atomic mass is 35.5. The number of halogens is 2. The van der Waals surface area contributed by atoms with Crippen LogP contribution in [0.4, 0.5) is 10.1 Å². The molecule has 34 heavy (non-hydrogen) atoms. The molecular formula is C26H20ClFN4OS. The largest absolute Gasteiger partial charge is 0.351 e. The lowest BCUT2D eigenvalue weighted by Gasteiger charge is -2.37. The molecule has 5 nitrogen and oxygen atoms in total. The molecule has 0 amide bonds. The predicted octanol–water partition coefficient (Wildman–Crippen LogP) is 6.70. The van der Waals surface area contributed by atoms with E-state index in [4.69, 9.17) is 33.3 Å². The molecule has 0 spiro atoms. The minimum Gasteiger partial charge on any atom is -0.351 e. The van der Waals surface area contributed by atoms with Gasteiger partial charge in [0.1, 0.15) is 5.82 Å². The average molecular weight is 491 g/mol. The van der Waals surface area contributed by atoms with Crippen LogP contribution < -0.4 is 10.2 Å². The van der Waals surface area contributed by atoms with Crippen LogP contribution in [-0.2, 0) is 0 Å². The van der Waals surface area contributed by atoms with Crippen molar-refractivity contribution in [2.45, 2.75) is 19.9 Å². The number of anilines is 1. The van der Waals surface area contributed by atoms with Gasteiger partial charge in [-0.15, -0.1) is 0 Å². The summed E-state index contributed by atoms with van der Waals surface area (Å²) in [5.41, 5.74) is 5.02. The van der Waals surface area contributed by atoms with Crippen LogP contribution in [0.15, 0.2) is 83.0 Å². The number of benzene rings is 3. The number of hydrogen-bond acceptors (Lipinski definition) is 4. The summed E-state index contributed by atoms with van der Waals surface area (Å²) in [6, 6.07) is 21.3. The molecule has 0 fully saturated rings. The molecule has 0 radical (unpaired) electrons. The van der Waals surface area contributed by atoms with Gasteiger partial charge in [-0.05, 0) is 62.0 Å². The molecule has 4 aromatic rings. The number of hydrogen-bond donors (Lipinski definition) is 1. The summed E-state index contributed by atoms with van der Waals surface area (Å²) in [5, 5.41) is 8.65. The first-order chi connectivity index (χ1) is 16.4. The number of allylic oxidation sites excluding steroid dienone is 1. The molecule has 1 atom stereocenters. The van der Waals surface area contributed by atoms with Gasteiger partial charge in [0, 0.05) is 16.3 Å². The number of nitrogens with zero attached hydrogens (tertiary/aromatic N) is 3. The van der Waals surface area contributed by atoms with Crippen molar-refractivity contribution in [3.8, 4) is 11.4 Å². The SMILES string of the molecule is CC1=C(c2nc(-c3ccc(C)cc3)no2)C(c2ccc(Cl)cc2)NC(=S)N1c1cccc(F)c1. The van der Waals surface area contributed by atoms with Crippen LogP contribution in [0.25, 0.3) is 17.0 Å². The molecule has 5 rings (SSSR count). The van der Waals surface area contributed by atoms with Crippen LogP contribution in [0.1, 0.15) is 30.0 Å². The highest BCUT2D eigenvalue weighted by molar-refractivity contribution is 7.80. The first-order valence-electron chi connectivity index (χ1n) is 10.6. The van der Waals surface area contributed by atoms with Crippen molar-refractivity contribution in [2.75, 3.05) is 4.90 Å². The van der Waals surface area contributed by atoms with E-state index in [0.717, 1.165) is 28.0 Å². The lowest BCUT2D eigenvalue weighted by molar-refractivity contribution is 0.404. The number of rotatable bonds is 4. The fourth-order valence-corrected chi connectivity index (χ4v) is 4.49. The molecule has 8 heteroatoms. The van der Waals surface area contributed by atoms with E-state index in [1.807, 2.05) is 62.4 Å².